The van der Waals surface area contributed by atoms with E-state index < -0.39 is 0 Å². The predicted octanol–water partition coefficient (Wildman–Crippen LogP) is 0.372. The molecule has 92 valence electrons. The van der Waals surface area contributed by atoms with E-state index in [0.29, 0.717) is 24.5 Å². The number of nitrogens with one attached hydrogen (secondary N) is 2. The van der Waals surface area contributed by atoms with Gasteiger partial charge in [0.1, 0.15) is 0 Å². The SMILES string of the molecule is NC(=O)CNC1CCCCC1C1CCCN1. The Morgan fingerprint density at radius 3 is 2.75 bits per heavy atom. The highest BCUT2D eigenvalue weighted by Gasteiger charge is 2.32. The molecule has 1 amide bonds. The molecule has 3 unspecified atom stereocenters. The van der Waals surface area contributed by atoms with E-state index in [1.807, 2.05) is 0 Å². The predicted molar refractivity (Wildman–Crippen MR) is 64.0 cm³/mol. The average molecular weight is 225 g/mol. The zero-order chi connectivity index (χ0) is 11.4. The van der Waals surface area contributed by atoms with Crippen LogP contribution >= 0.6 is 0 Å². The molecule has 0 bridgehead atoms. The van der Waals surface area contributed by atoms with Crippen LogP contribution in [0.2, 0.25) is 0 Å². The highest BCUT2D eigenvalue weighted by Crippen LogP contribution is 2.30. The summed E-state index contributed by atoms with van der Waals surface area (Å²) in [5.41, 5.74) is 5.19. The molecule has 0 aromatic rings. The maximum atomic E-state index is 10.8. The average Bonchev–Trinajstić information content (AvgIpc) is 2.80. The molecule has 0 aromatic heterocycles. The highest BCUT2D eigenvalue weighted by molar-refractivity contribution is 5.75. The van der Waals surface area contributed by atoms with Crippen LogP contribution < -0.4 is 16.4 Å². The van der Waals surface area contributed by atoms with Crippen molar-refractivity contribution < 1.29 is 4.79 Å². The molecule has 2 aliphatic rings. The molecule has 1 saturated heterocycles. The van der Waals surface area contributed by atoms with Crippen molar-refractivity contribution in [3.8, 4) is 0 Å². The molecule has 1 aliphatic carbocycles. The van der Waals surface area contributed by atoms with E-state index in [1.165, 1.54) is 38.5 Å². The van der Waals surface area contributed by atoms with Gasteiger partial charge in [0.2, 0.25) is 5.91 Å². The van der Waals surface area contributed by atoms with E-state index in [9.17, 15) is 4.79 Å². The van der Waals surface area contributed by atoms with Gasteiger partial charge < -0.3 is 16.4 Å². The van der Waals surface area contributed by atoms with Crippen LogP contribution in [0.3, 0.4) is 0 Å². The number of amides is 1. The number of hydrogen-bond acceptors (Lipinski definition) is 3. The maximum absolute atomic E-state index is 10.8. The summed E-state index contributed by atoms with van der Waals surface area (Å²) in [6.45, 7) is 1.48. The van der Waals surface area contributed by atoms with Gasteiger partial charge >= 0.3 is 0 Å². The third-order valence-corrected chi connectivity index (χ3v) is 3.97. The van der Waals surface area contributed by atoms with E-state index >= 15 is 0 Å². The zero-order valence-electron chi connectivity index (χ0n) is 9.87. The van der Waals surface area contributed by atoms with Crippen molar-refractivity contribution in [3.63, 3.8) is 0 Å². The smallest absolute Gasteiger partial charge is 0.231 e. The fourth-order valence-corrected chi connectivity index (χ4v) is 3.20. The Hall–Kier alpha value is -0.610. The molecular weight excluding hydrogens is 202 g/mol. The largest absolute Gasteiger partial charge is 0.369 e. The van der Waals surface area contributed by atoms with Crippen molar-refractivity contribution in [2.45, 2.75) is 50.6 Å². The zero-order valence-corrected chi connectivity index (χ0v) is 9.87. The first kappa shape index (κ1) is 11.9. The Morgan fingerprint density at radius 1 is 1.25 bits per heavy atom. The lowest BCUT2D eigenvalue weighted by Gasteiger charge is -2.36. The Labute approximate surface area is 97.3 Å². The van der Waals surface area contributed by atoms with Crippen LogP contribution in [0.25, 0.3) is 0 Å². The quantitative estimate of drug-likeness (QED) is 0.647. The highest BCUT2D eigenvalue weighted by atomic mass is 16.1. The standard InChI is InChI=1S/C12H23N3O/c13-12(16)8-15-11-5-2-1-4-9(11)10-6-3-7-14-10/h9-11,14-15H,1-8H2,(H2,13,16). The van der Waals surface area contributed by atoms with Crippen LogP contribution in [0.4, 0.5) is 0 Å². The fourth-order valence-electron chi connectivity index (χ4n) is 3.20. The summed E-state index contributed by atoms with van der Waals surface area (Å²) in [7, 11) is 0. The number of nitrogens with two attached hydrogens (primary N) is 1. The van der Waals surface area contributed by atoms with Crippen molar-refractivity contribution in [2.24, 2.45) is 11.7 Å². The van der Waals surface area contributed by atoms with Gasteiger partial charge in [0.25, 0.3) is 0 Å². The van der Waals surface area contributed by atoms with E-state index in [2.05, 4.69) is 10.6 Å². The van der Waals surface area contributed by atoms with Gasteiger partial charge in [-0.05, 0) is 38.1 Å². The van der Waals surface area contributed by atoms with Crippen molar-refractivity contribution in [3.05, 3.63) is 0 Å². The fraction of sp³-hybridized carbons (Fsp3) is 0.917. The first-order valence-corrected chi connectivity index (χ1v) is 6.52. The lowest BCUT2D eigenvalue weighted by Crippen LogP contribution is -2.48. The molecule has 1 saturated carbocycles. The van der Waals surface area contributed by atoms with Crippen molar-refractivity contribution in [2.75, 3.05) is 13.1 Å². The normalized spacial score (nSPS) is 35.1. The van der Waals surface area contributed by atoms with Gasteiger partial charge in [0.15, 0.2) is 0 Å². The van der Waals surface area contributed by atoms with E-state index in [-0.39, 0.29) is 5.91 Å². The minimum absolute atomic E-state index is 0.247. The number of carbonyl (C=O) groups is 1. The Kier molecular flexibility index (Phi) is 4.18. The molecule has 1 aliphatic heterocycles. The molecule has 0 aromatic carbocycles. The second kappa shape index (κ2) is 5.64. The molecule has 0 radical (unpaired) electrons. The lowest BCUT2D eigenvalue weighted by molar-refractivity contribution is -0.117. The van der Waals surface area contributed by atoms with Crippen molar-refractivity contribution in [1.29, 1.82) is 0 Å². The summed E-state index contributed by atoms with van der Waals surface area (Å²) in [4.78, 5) is 10.8. The summed E-state index contributed by atoms with van der Waals surface area (Å²) in [5, 5.41) is 6.92. The van der Waals surface area contributed by atoms with Gasteiger partial charge in [-0.25, -0.2) is 0 Å². The minimum Gasteiger partial charge on any atom is -0.369 e. The molecule has 0 spiro atoms. The summed E-state index contributed by atoms with van der Waals surface area (Å²) >= 11 is 0. The lowest BCUT2D eigenvalue weighted by atomic mass is 9.79. The van der Waals surface area contributed by atoms with Gasteiger partial charge in [-0.15, -0.1) is 0 Å². The monoisotopic (exact) mass is 225 g/mol. The third kappa shape index (κ3) is 2.95. The molecule has 4 N–H and O–H groups in total. The Balaban J connectivity index is 1.88. The first-order chi connectivity index (χ1) is 7.77. The first-order valence-electron chi connectivity index (χ1n) is 6.52. The molecule has 3 atom stereocenters. The van der Waals surface area contributed by atoms with Crippen molar-refractivity contribution in [1.82, 2.24) is 10.6 Å². The third-order valence-electron chi connectivity index (χ3n) is 3.97. The number of primary amides is 1. The Bertz CT molecular complexity index is 238. The summed E-state index contributed by atoms with van der Waals surface area (Å²) in [6, 6.07) is 1.14. The molecule has 2 fully saturated rings. The van der Waals surface area contributed by atoms with Crippen LogP contribution in [-0.2, 0) is 4.79 Å². The second-order valence-corrected chi connectivity index (χ2v) is 5.10. The van der Waals surface area contributed by atoms with Crippen LogP contribution in [0.1, 0.15) is 38.5 Å². The van der Waals surface area contributed by atoms with Crippen LogP contribution in [-0.4, -0.2) is 31.1 Å². The van der Waals surface area contributed by atoms with E-state index in [1.54, 1.807) is 0 Å². The number of carbonyl (C=O) groups excluding carboxylic acids is 1. The van der Waals surface area contributed by atoms with Gasteiger partial charge in [0, 0.05) is 12.1 Å². The van der Waals surface area contributed by atoms with Crippen molar-refractivity contribution >= 4 is 5.91 Å². The summed E-state index contributed by atoms with van der Waals surface area (Å²) < 4.78 is 0. The minimum atomic E-state index is -0.247. The van der Waals surface area contributed by atoms with E-state index in [0.717, 1.165) is 6.54 Å². The topological polar surface area (TPSA) is 67.2 Å². The van der Waals surface area contributed by atoms with Gasteiger partial charge in [-0.1, -0.05) is 12.8 Å². The molecular formula is C12H23N3O. The van der Waals surface area contributed by atoms with Crippen LogP contribution in [0.5, 0.6) is 0 Å². The summed E-state index contributed by atoms with van der Waals surface area (Å²) in [5.74, 6) is 0.444. The summed E-state index contributed by atoms with van der Waals surface area (Å²) in [6.07, 6.45) is 7.67. The van der Waals surface area contributed by atoms with Gasteiger partial charge in [-0.3, -0.25) is 4.79 Å². The van der Waals surface area contributed by atoms with Crippen LogP contribution in [0, 0.1) is 5.92 Å². The number of rotatable bonds is 4. The molecule has 4 heteroatoms. The maximum Gasteiger partial charge on any atom is 0.231 e. The Morgan fingerprint density at radius 2 is 2.06 bits per heavy atom. The molecule has 16 heavy (non-hydrogen) atoms. The van der Waals surface area contributed by atoms with E-state index in [4.69, 9.17) is 5.73 Å². The van der Waals surface area contributed by atoms with Gasteiger partial charge in [0.05, 0.1) is 6.54 Å². The molecule has 1 heterocycles. The molecule has 4 nitrogen and oxygen atoms in total. The number of hydrogen-bond donors (Lipinski definition) is 3. The second-order valence-electron chi connectivity index (χ2n) is 5.10. The molecule has 2 rings (SSSR count). The van der Waals surface area contributed by atoms with Gasteiger partial charge in [-0.2, -0.15) is 0 Å². The van der Waals surface area contributed by atoms with Crippen LogP contribution in [0.15, 0.2) is 0 Å².